The molecule has 3 heteroatoms. The Hall–Kier alpha value is -0.500. The molecule has 1 N–H and O–H groups in total. The van der Waals surface area contributed by atoms with Gasteiger partial charge in [0.05, 0.1) is 0 Å². The SMILES string of the molecule is Clc1cc(Cl)cc(CNC2CC=CCC2)c1. The molecule has 1 aromatic rings. The van der Waals surface area contributed by atoms with Crippen molar-refractivity contribution in [2.75, 3.05) is 0 Å². The van der Waals surface area contributed by atoms with Crippen molar-refractivity contribution in [3.63, 3.8) is 0 Å². The van der Waals surface area contributed by atoms with Crippen LogP contribution in [0, 0.1) is 0 Å². The smallest absolute Gasteiger partial charge is 0.0424 e. The Morgan fingerprint density at radius 1 is 1.12 bits per heavy atom. The molecule has 0 fully saturated rings. The third-order valence-corrected chi connectivity index (χ3v) is 3.22. The van der Waals surface area contributed by atoms with Crippen molar-refractivity contribution >= 4 is 23.2 Å². The molecular weight excluding hydrogens is 241 g/mol. The normalized spacial score (nSPS) is 20.0. The minimum atomic E-state index is 0.586. The lowest BCUT2D eigenvalue weighted by atomic mass is 10.0. The van der Waals surface area contributed by atoms with Crippen LogP contribution in [0.3, 0.4) is 0 Å². The van der Waals surface area contributed by atoms with E-state index in [1.165, 1.54) is 12.8 Å². The van der Waals surface area contributed by atoms with Gasteiger partial charge in [-0.3, -0.25) is 0 Å². The maximum Gasteiger partial charge on any atom is 0.0424 e. The first kappa shape index (κ1) is 12.0. The number of benzene rings is 1. The van der Waals surface area contributed by atoms with Gasteiger partial charge in [0.15, 0.2) is 0 Å². The van der Waals surface area contributed by atoms with Gasteiger partial charge in [0.25, 0.3) is 0 Å². The van der Waals surface area contributed by atoms with Crippen molar-refractivity contribution in [2.24, 2.45) is 0 Å². The van der Waals surface area contributed by atoms with Crippen molar-refractivity contribution in [2.45, 2.75) is 31.8 Å². The number of hydrogen-bond acceptors (Lipinski definition) is 1. The van der Waals surface area contributed by atoms with Gasteiger partial charge in [-0.05, 0) is 43.0 Å². The molecule has 0 spiro atoms. The summed E-state index contributed by atoms with van der Waals surface area (Å²) in [6, 6.07) is 6.26. The van der Waals surface area contributed by atoms with E-state index in [9.17, 15) is 0 Å². The van der Waals surface area contributed by atoms with Crippen LogP contribution < -0.4 is 5.32 Å². The summed E-state index contributed by atoms with van der Waals surface area (Å²) in [7, 11) is 0. The van der Waals surface area contributed by atoms with Crippen LogP contribution in [0.1, 0.15) is 24.8 Å². The largest absolute Gasteiger partial charge is 0.310 e. The van der Waals surface area contributed by atoms with Gasteiger partial charge in [0.2, 0.25) is 0 Å². The Balaban J connectivity index is 1.91. The third kappa shape index (κ3) is 3.51. The average molecular weight is 256 g/mol. The van der Waals surface area contributed by atoms with Crippen molar-refractivity contribution in [1.29, 1.82) is 0 Å². The Morgan fingerprint density at radius 2 is 1.88 bits per heavy atom. The zero-order valence-electron chi connectivity index (χ0n) is 9.05. The van der Waals surface area contributed by atoms with Crippen molar-refractivity contribution in [1.82, 2.24) is 5.32 Å². The summed E-state index contributed by atoms with van der Waals surface area (Å²) in [6.07, 6.45) is 7.99. The highest BCUT2D eigenvalue weighted by atomic mass is 35.5. The zero-order valence-corrected chi connectivity index (χ0v) is 10.6. The molecule has 1 aromatic carbocycles. The van der Waals surface area contributed by atoms with Gasteiger partial charge in [-0.1, -0.05) is 35.4 Å². The van der Waals surface area contributed by atoms with Crippen LogP contribution in [0.15, 0.2) is 30.4 Å². The predicted octanol–water partition coefficient (Wildman–Crippen LogP) is 4.19. The van der Waals surface area contributed by atoms with Crippen LogP contribution in [-0.4, -0.2) is 6.04 Å². The molecule has 16 heavy (non-hydrogen) atoms. The maximum absolute atomic E-state index is 5.95. The highest BCUT2D eigenvalue weighted by molar-refractivity contribution is 6.34. The molecule has 0 bridgehead atoms. The molecule has 1 aliphatic rings. The summed E-state index contributed by atoms with van der Waals surface area (Å²) < 4.78 is 0. The van der Waals surface area contributed by atoms with E-state index < -0.39 is 0 Å². The van der Waals surface area contributed by atoms with Crippen LogP contribution in [-0.2, 0) is 6.54 Å². The lowest BCUT2D eigenvalue weighted by Crippen LogP contribution is -2.29. The Morgan fingerprint density at radius 3 is 2.50 bits per heavy atom. The van der Waals surface area contributed by atoms with Gasteiger partial charge in [-0.2, -0.15) is 0 Å². The van der Waals surface area contributed by atoms with Crippen LogP contribution in [0.4, 0.5) is 0 Å². The molecule has 1 aliphatic carbocycles. The topological polar surface area (TPSA) is 12.0 Å². The summed E-state index contributed by atoms with van der Waals surface area (Å²) in [5.41, 5.74) is 1.15. The molecule has 1 nitrogen and oxygen atoms in total. The van der Waals surface area contributed by atoms with Crippen LogP contribution in [0.5, 0.6) is 0 Å². The number of hydrogen-bond donors (Lipinski definition) is 1. The first-order valence-electron chi connectivity index (χ1n) is 5.57. The second kappa shape index (κ2) is 5.72. The van der Waals surface area contributed by atoms with E-state index in [1.54, 1.807) is 6.07 Å². The average Bonchev–Trinajstić information content (AvgIpc) is 2.27. The van der Waals surface area contributed by atoms with Crippen LogP contribution in [0.2, 0.25) is 10.0 Å². The van der Waals surface area contributed by atoms with Gasteiger partial charge in [-0.25, -0.2) is 0 Å². The van der Waals surface area contributed by atoms with E-state index in [1.807, 2.05) is 12.1 Å². The Labute approximate surface area is 106 Å². The van der Waals surface area contributed by atoms with E-state index in [0.29, 0.717) is 16.1 Å². The standard InChI is InChI=1S/C13H15Cl2N/c14-11-6-10(7-12(15)8-11)9-16-13-4-2-1-3-5-13/h1-2,6-8,13,16H,3-5,9H2. The van der Waals surface area contributed by atoms with Gasteiger partial charge >= 0.3 is 0 Å². The second-order valence-electron chi connectivity index (χ2n) is 4.14. The number of rotatable bonds is 3. The molecule has 0 heterocycles. The van der Waals surface area contributed by atoms with E-state index in [-0.39, 0.29) is 0 Å². The minimum absolute atomic E-state index is 0.586. The maximum atomic E-state index is 5.95. The summed E-state index contributed by atoms with van der Waals surface area (Å²) in [5, 5.41) is 4.93. The molecule has 2 rings (SSSR count). The molecule has 0 saturated carbocycles. The van der Waals surface area contributed by atoms with Gasteiger partial charge in [0, 0.05) is 22.6 Å². The Kier molecular flexibility index (Phi) is 4.28. The van der Waals surface area contributed by atoms with E-state index in [4.69, 9.17) is 23.2 Å². The second-order valence-corrected chi connectivity index (χ2v) is 5.01. The van der Waals surface area contributed by atoms with E-state index in [0.717, 1.165) is 18.5 Å². The first-order chi connectivity index (χ1) is 7.74. The molecule has 0 saturated heterocycles. The minimum Gasteiger partial charge on any atom is -0.310 e. The van der Waals surface area contributed by atoms with Gasteiger partial charge < -0.3 is 5.32 Å². The molecular formula is C13H15Cl2N. The fraction of sp³-hybridized carbons (Fsp3) is 0.385. The third-order valence-electron chi connectivity index (χ3n) is 2.79. The molecule has 0 aliphatic heterocycles. The Bertz CT molecular complexity index is 367. The molecule has 86 valence electrons. The van der Waals surface area contributed by atoms with Crippen molar-refractivity contribution in [3.05, 3.63) is 46.0 Å². The van der Waals surface area contributed by atoms with Gasteiger partial charge in [-0.15, -0.1) is 0 Å². The predicted molar refractivity (Wildman–Crippen MR) is 70.1 cm³/mol. The highest BCUT2D eigenvalue weighted by Gasteiger charge is 2.08. The van der Waals surface area contributed by atoms with Crippen LogP contribution in [0.25, 0.3) is 0 Å². The fourth-order valence-corrected chi connectivity index (χ4v) is 2.53. The number of nitrogens with one attached hydrogen (secondary N) is 1. The summed E-state index contributed by atoms with van der Waals surface area (Å²) in [5.74, 6) is 0. The molecule has 1 atom stereocenters. The van der Waals surface area contributed by atoms with Gasteiger partial charge in [0.1, 0.15) is 0 Å². The van der Waals surface area contributed by atoms with E-state index >= 15 is 0 Å². The quantitative estimate of drug-likeness (QED) is 0.799. The molecule has 1 unspecified atom stereocenters. The monoisotopic (exact) mass is 255 g/mol. The van der Waals surface area contributed by atoms with Crippen LogP contribution >= 0.6 is 23.2 Å². The number of halogens is 2. The zero-order chi connectivity index (χ0) is 11.4. The van der Waals surface area contributed by atoms with E-state index in [2.05, 4.69) is 17.5 Å². The lowest BCUT2D eigenvalue weighted by molar-refractivity contribution is 0.474. The van der Waals surface area contributed by atoms with Crippen molar-refractivity contribution in [3.8, 4) is 0 Å². The summed E-state index contributed by atoms with van der Waals surface area (Å²) in [4.78, 5) is 0. The highest BCUT2D eigenvalue weighted by Crippen LogP contribution is 2.19. The summed E-state index contributed by atoms with van der Waals surface area (Å²) in [6.45, 7) is 0.832. The van der Waals surface area contributed by atoms with Crippen molar-refractivity contribution < 1.29 is 0 Å². The lowest BCUT2D eigenvalue weighted by Gasteiger charge is -2.19. The molecule has 0 aromatic heterocycles. The molecule has 0 radical (unpaired) electrons. The number of allylic oxidation sites excluding steroid dienone is 1. The first-order valence-corrected chi connectivity index (χ1v) is 6.33. The summed E-state index contributed by atoms with van der Waals surface area (Å²) >= 11 is 11.9. The molecule has 0 amide bonds. The fourth-order valence-electron chi connectivity index (χ4n) is 1.95.